The molecular formula is C12H21N3O. The molecule has 4 heteroatoms. The maximum Gasteiger partial charge on any atom is 0.229 e. The zero-order valence-electron chi connectivity index (χ0n) is 10.4. The van der Waals surface area contributed by atoms with Crippen LogP contribution >= 0.6 is 0 Å². The van der Waals surface area contributed by atoms with Crippen LogP contribution in [0.4, 0.5) is 0 Å². The van der Waals surface area contributed by atoms with Crippen molar-refractivity contribution >= 4 is 5.91 Å². The molecule has 1 saturated carbocycles. The van der Waals surface area contributed by atoms with Crippen molar-refractivity contribution in [3.05, 3.63) is 0 Å². The zero-order chi connectivity index (χ0) is 12.3. The molecule has 0 radical (unpaired) electrons. The summed E-state index contributed by atoms with van der Waals surface area (Å²) in [7, 11) is 1.76. The van der Waals surface area contributed by atoms with Crippen LogP contribution in [0, 0.1) is 22.7 Å². The molecule has 2 N–H and O–H groups in total. The molecule has 0 aliphatic heterocycles. The molecule has 90 valence electrons. The highest BCUT2D eigenvalue weighted by Gasteiger charge is 2.44. The van der Waals surface area contributed by atoms with E-state index in [0.717, 1.165) is 19.3 Å². The number of nitriles is 1. The number of carbonyl (C=O) groups excluding carboxylic acids is 1. The van der Waals surface area contributed by atoms with E-state index in [1.54, 1.807) is 11.9 Å². The lowest BCUT2D eigenvalue weighted by atomic mass is 9.83. The monoisotopic (exact) mass is 223 g/mol. The molecule has 4 nitrogen and oxygen atoms in total. The second kappa shape index (κ2) is 4.84. The van der Waals surface area contributed by atoms with Crippen LogP contribution < -0.4 is 5.73 Å². The van der Waals surface area contributed by atoms with Crippen LogP contribution in [0.15, 0.2) is 0 Å². The average molecular weight is 223 g/mol. The van der Waals surface area contributed by atoms with Crippen molar-refractivity contribution in [3.63, 3.8) is 0 Å². The maximum atomic E-state index is 12.3. The van der Waals surface area contributed by atoms with Crippen molar-refractivity contribution in [3.8, 4) is 6.07 Å². The van der Waals surface area contributed by atoms with Crippen LogP contribution in [0.25, 0.3) is 0 Å². The summed E-state index contributed by atoms with van der Waals surface area (Å²) < 4.78 is 0. The molecule has 1 aliphatic carbocycles. The van der Waals surface area contributed by atoms with Crippen LogP contribution in [0.3, 0.4) is 0 Å². The lowest BCUT2D eigenvalue weighted by Crippen LogP contribution is -2.48. The fourth-order valence-corrected chi connectivity index (χ4v) is 2.43. The minimum absolute atomic E-state index is 0.0418. The summed E-state index contributed by atoms with van der Waals surface area (Å²) >= 11 is 0. The van der Waals surface area contributed by atoms with Crippen LogP contribution in [0.2, 0.25) is 0 Å². The van der Waals surface area contributed by atoms with Gasteiger partial charge in [-0.3, -0.25) is 4.79 Å². The standard InChI is InChI=1S/C12H21N3O/c1-9(7-13)8-15(3)11(16)12(2)6-4-5-10(12)14/h9-10H,4-6,8,14H2,1-3H3. The van der Waals surface area contributed by atoms with Gasteiger partial charge < -0.3 is 10.6 Å². The second-order valence-corrected chi connectivity index (χ2v) is 5.13. The highest BCUT2D eigenvalue weighted by Crippen LogP contribution is 2.38. The first-order chi connectivity index (χ1) is 7.41. The molecule has 0 heterocycles. The summed E-state index contributed by atoms with van der Waals surface area (Å²) in [5, 5.41) is 8.73. The predicted octanol–water partition coefficient (Wildman–Crippen LogP) is 1.12. The largest absolute Gasteiger partial charge is 0.344 e. The first-order valence-electron chi connectivity index (χ1n) is 5.82. The predicted molar refractivity (Wildman–Crippen MR) is 62.3 cm³/mol. The van der Waals surface area contributed by atoms with E-state index in [1.165, 1.54) is 0 Å². The molecule has 0 saturated heterocycles. The van der Waals surface area contributed by atoms with Crippen molar-refractivity contribution in [2.24, 2.45) is 17.1 Å². The lowest BCUT2D eigenvalue weighted by molar-refractivity contribution is -0.140. The summed E-state index contributed by atoms with van der Waals surface area (Å²) in [5.74, 6) is -0.0465. The van der Waals surface area contributed by atoms with Crippen LogP contribution in [0.1, 0.15) is 33.1 Å². The number of nitrogens with two attached hydrogens (primary N) is 1. The SMILES string of the molecule is CC(C#N)CN(C)C(=O)C1(C)CCCC1N. The van der Waals surface area contributed by atoms with Gasteiger partial charge in [0, 0.05) is 19.6 Å². The van der Waals surface area contributed by atoms with Gasteiger partial charge in [-0.1, -0.05) is 6.42 Å². The maximum absolute atomic E-state index is 12.3. The van der Waals surface area contributed by atoms with Gasteiger partial charge in [0.2, 0.25) is 5.91 Å². The molecule has 0 spiro atoms. The lowest BCUT2D eigenvalue weighted by Gasteiger charge is -2.32. The third-order valence-corrected chi connectivity index (χ3v) is 3.63. The number of nitrogens with zero attached hydrogens (tertiary/aromatic N) is 2. The Morgan fingerprint density at radius 2 is 2.38 bits per heavy atom. The Morgan fingerprint density at radius 3 is 2.81 bits per heavy atom. The van der Waals surface area contributed by atoms with Gasteiger partial charge in [-0.05, 0) is 26.7 Å². The molecule has 3 unspecified atom stereocenters. The van der Waals surface area contributed by atoms with E-state index in [-0.39, 0.29) is 17.9 Å². The molecule has 1 rings (SSSR count). The van der Waals surface area contributed by atoms with E-state index < -0.39 is 5.41 Å². The molecule has 0 bridgehead atoms. The Labute approximate surface area is 97.4 Å². The number of amides is 1. The minimum atomic E-state index is -0.427. The van der Waals surface area contributed by atoms with E-state index in [2.05, 4.69) is 6.07 Å². The van der Waals surface area contributed by atoms with Crippen molar-refractivity contribution in [2.45, 2.75) is 39.2 Å². The van der Waals surface area contributed by atoms with Gasteiger partial charge in [0.05, 0.1) is 17.4 Å². The quantitative estimate of drug-likeness (QED) is 0.779. The normalized spacial score (nSPS) is 30.8. The first-order valence-corrected chi connectivity index (χ1v) is 5.82. The Kier molecular flexibility index (Phi) is 3.93. The average Bonchev–Trinajstić information content (AvgIpc) is 2.59. The molecule has 3 atom stereocenters. The van der Waals surface area contributed by atoms with E-state index in [4.69, 9.17) is 11.0 Å². The highest BCUT2D eigenvalue weighted by atomic mass is 16.2. The van der Waals surface area contributed by atoms with Gasteiger partial charge in [-0.2, -0.15) is 5.26 Å². The first kappa shape index (κ1) is 13.0. The van der Waals surface area contributed by atoms with Crippen LogP contribution in [-0.2, 0) is 4.79 Å². The Balaban J connectivity index is 2.67. The molecule has 0 aromatic heterocycles. The second-order valence-electron chi connectivity index (χ2n) is 5.13. The van der Waals surface area contributed by atoms with E-state index in [0.29, 0.717) is 6.54 Å². The van der Waals surface area contributed by atoms with Gasteiger partial charge in [0.1, 0.15) is 0 Å². The van der Waals surface area contributed by atoms with Crippen LogP contribution in [-0.4, -0.2) is 30.4 Å². The third-order valence-electron chi connectivity index (χ3n) is 3.63. The number of hydrogen-bond donors (Lipinski definition) is 1. The summed E-state index contributed by atoms with van der Waals surface area (Å²) in [5.41, 5.74) is 5.58. The molecule has 1 amide bonds. The number of hydrogen-bond acceptors (Lipinski definition) is 3. The zero-order valence-corrected chi connectivity index (χ0v) is 10.4. The summed E-state index contributed by atoms with van der Waals surface area (Å²) in [6.45, 7) is 4.25. The van der Waals surface area contributed by atoms with Gasteiger partial charge in [-0.15, -0.1) is 0 Å². The highest BCUT2D eigenvalue weighted by molar-refractivity contribution is 5.83. The van der Waals surface area contributed by atoms with E-state index in [9.17, 15) is 4.79 Å². The molecule has 1 fully saturated rings. The summed E-state index contributed by atoms with van der Waals surface area (Å²) in [6, 6.07) is 2.10. The fraction of sp³-hybridized carbons (Fsp3) is 0.833. The van der Waals surface area contributed by atoms with Gasteiger partial charge in [-0.25, -0.2) is 0 Å². The van der Waals surface area contributed by atoms with E-state index in [1.807, 2.05) is 13.8 Å². The summed E-state index contributed by atoms with van der Waals surface area (Å²) in [4.78, 5) is 13.9. The number of carbonyl (C=O) groups is 1. The topological polar surface area (TPSA) is 70.1 Å². The molecular weight excluding hydrogens is 202 g/mol. The van der Waals surface area contributed by atoms with Gasteiger partial charge in [0.25, 0.3) is 0 Å². The number of rotatable bonds is 3. The molecule has 1 aliphatic rings. The fourth-order valence-electron chi connectivity index (χ4n) is 2.43. The summed E-state index contributed by atoms with van der Waals surface area (Å²) in [6.07, 6.45) is 2.80. The Bertz CT molecular complexity index is 310. The van der Waals surface area contributed by atoms with Crippen molar-refractivity contribution in [1.29, 1.82) is 5.26 Å². The van der Waals surface area contributed by atoms with E-state index >= 15 is 0 Å². The van der Waals surface area contributed by atoms with Gasteiger partial charge in [0.15, 0.2) is 0 Å². The molecule has 16 heavy (non-hydrogen) atoms. The third kappa shape index (κ3) is 2.35. The smallest absolute Gasteiger partial charge is 0.229 e. The van der Waals surface area contributed by atoms with Crippen molar-refractivity contribution < 1.29 is 4.79 Å². The minimum Gasteiger partial charge on any atom is -0.344 e. The molecule has 0 aromatic rings. The van der Waals surface area contributed by atoms with Crippen molar-refractivity contribution in [1.82, 2.24) is 4.90 Å². The Hall–Kier alpha value is -1.08. The van der Waals surface area contributed by atoms with Gasteiger partial charge >= 0.3 is 0 Å². The molecule has 0 aromatic carbocycles. The van der Waals surface area contributed by atoms with Crippen molar-refractivity contribution in [2.75, 3.05) is 13.6 Å². The van der Waals surface area contributed by atoms with Crippen LogP contribution in [0.5, 0.6) is 0 Å². The Morgan fingerprint density at radius 1 is 1.75 bits per heavy atom.